The summed E-state index contributed by atoms with van der Waals surface area (Å²) in [5, 5.41) is 13.5. The lowest BCUT2D eigenvalue weighted by atomic mass is 9.79. The molecule has 4 heteroatoms. The lowest BCUT2D eigenvalue weighted by molar-refractivity contribution is -0.00536. The molecule has 1 aromatic heterocycles. The van der Waals surface area contributed by atoms with Gasteiger partial charge in [-0.1, -0.05) is 6.92 Å². The molecule has 2 aliphatic carbocycles. The van der Waals surface area contributed by atoms with E-state index in [9.17, 15) is 9.90 Å². The second-order valence-electron chi connectivity index (χ2n) is 6.86. The molecule has 0 radical (unpaired) electrons. The van der Waals surface area contributed by atoms with Gasteiger partial charge < -0.3 is 10.4 Å². The molecule has 2 aliphatic rings. The fourth-order valence-corrected chi connectivity index (χ4v) is 4.58. The Kier molecular flexibility index (Phi) is 4.36. The number of aryl methyl sites for hydroxylation is 2. The van der Waals surface area contributed by atoms with Gasteiger partial charge in [-0.15, -0.1) is 11.3 Å². The summed E-state index contributed by atoms with van der Waals surface area (Å²) in [4.78, 5) is 14.5. The molecule has 2 N–H and O–H groups in total. The molecule has 0 aliphatic heterocycles. The van der Waals surface area contributed by atoms with Gasteiger partial charge in [-0.2, -0.15) is 0 Å². The predicted molar refractivity (Wildman–Crippen MR) is 85.9 cm³/mol. The number of nitrogens with one attached hydrogen (secondary N) is 1. The van der Waals surface area contributed by atoms with E-state index in [0.29, 0.717) is 12.5 Å². The summed E-state index contributed by atoms with van der Waals surface area (Å²) < 4.78 is 0. The maximum absolute atomic E-state index is 12.3. The van der Waals surface area contributed by atoms with Crippen LogP contribution in [0.25, 0.3) is 0 Å². The van der Waals surface area contributed by atoms with E-state index >= 15 is 0 Å². The molecule has 1 saturated carbocycles. The van der Waals surface area contributed by atoms with Crippen LogP contribution in [0.3, 0.4) is 0 Å². The summed E-state index contributed by atoms with van der Waals surface area (Å²) >= 11 is 1.64. The Morgan fingerprint density at radius 2 is 2.10 bits per heavy atom. The SMILES string of the molecule is CC1CCC(O)(CNC(=O)c2cc3c(s2)CCCC3)CC1. The van der Waals surface area contributed by atoms with Crippen LogP contribution >= 0.6 is 11.3 Å². The molecule has 0 saturated heterocycles. The first-order chi connectivity index (χ1) is 10.1. The number of carbonyl (C=O) groups is 1. The summed E-state index contributed by atoms with van der Waals surface area (Å²) in [6.07, 6.45) is 8.43. The predicted octanol–water partition coefficient (Wildman–Crippen LogP) is 3.30. The van der Waals surface area contributed by atoms with E-state index in [0.717, 1.165) is 43.4 Å². The standard InChI is InChI=1S/C17H25NO2S/c1-12-6-8-17(20,9-7-12)11-18-16(19)15-10-13-4-2-3-5-14(13)21-15/h10,12,20H,2-9,11H2,1H3,(H,18,19). The highest BCUT2D eigenvalue weighted by molar-refractivity contribution is 7.14. The van der Waals surface area contributed by atoms with Crippen LogP contribution in [0.15, 0.2) is 6.07 Å². The van der Waals surface area contributed by atoms with Crippen molar-refractivity contribution in [3.8, 4) is 0 Å². The molecule has 0 unspecified atom stereocenters. The first kappa shape index (κ1) is 15.0. The Hall–Kier alpha value is -0.870. The average molecular weight is 307 g/mol. The third-order valence-electron chi connectivity index (χ3n) is 5.00. The van der Waals surface area contributed by atoms with E-state index in [1.807, 2.05) is 0 Å². The van der Waals surface area contributed by atoms with Crippen LogP contribution in [0, 0.1) is 5.92 Å². The second kappa shape index (κ2) is 6.09. The minimum atomic E-state index is -0.695. The van der Waals surface area contributed by atoms with Crippen molar-refractivity contribution in [1.29, 1.82) is 0 Å². The lowest BCUT2D eigenvalue weighted by Crippen LogP contribution is -2.45. The Balaban J connectivity index is 1.58. The minimum absolute atomic E-state index is 0.0125. The van der Waals surface area contributed by atoms with E-state index < -0.39 is 5.60 Å². The largest absolute Gasteiger partial charge is 0.388 e. The minimum Gasteiger partial charge on any atom is -0.388 e. The van der Waals surface area contributed by atoms with Gasteiger partial charge in [0, 0.05) is 11.4 Å². The van der Waals surface area contributed by atoms with Crippen molar-refractivity contribution in [2.45, 2.75) is 63.9 Å². The molecule has 1 amide bonds. The maximum Gasteiger partial charge on any atom is 0.261 e. The van der Waals surface area contributed by atoms with Crippen molar-refractivity contribution in [3.05, 3.63) is 21.4 Å². The van der Waals surface area contributed by atoms with Crippen LogP contribution in [-0.4, -0.2) is 23.2 Å². The summed E-state index contributed by atoms with van der Waals surface area (Å²) in [7, 11) is 0. The summed E-state index contributed by atoms with van der Waals surface area (Å²) in [6.45, 7) is 2.62. The number of aliphatic hydroxyl groups is 1. The van der Waals surface area contributed by atoms with Crippen molar-refractivity contribution in [3.63, 3.8) is 0 Å². The molecule has 116 valence electrons. The number of hydrogen-bond acceptors (Lipinski definition) is 3. The Morgan fingerprint density at radius 1 is 1.38 bits per heavy atom. The zero-order valence-corrected chi connectivity index (χ0v) is 13.6. The van der Waals surface area contributed by atoms with E-state index in [-0.39, 0.29) is 5.91 Å². The molecule has 1 heterocycles. The first-order valence-corrected chi connectivity index (χ1v) is 8.99. The third-order valence-corrected chi connectivity index (χ3v) is 6.24. The summed E-state index contributed by atoms with van der Waals surface area (Å²) in [5.74, 6) is 0.687. The molecule has 0 spiro atoms. The van der Waals surface area contributed by atoms with Crippen molar-refractivity contribution in [2.24, 2.45) is 5.92 Å². The average Bonchev–Trinajstić information content (AvgIpc) is 2.92. The molecule has 1 fully saturated rings. The monoisotopic (exact) mass is 307 g/mol. The highest BCUT2D eigenvalue weighted by Gasteiger charge is 2.32. The van der Waals surface area contributed by atoms with Gasteiger partial charge in [-0.3, -0.25) is 4.79 Å². The fraction of sp³-hybridized carbons (Fsp3) is 0.706. The van der Waals surface area contributed by atoms with Crippen molar-refractivity contribution in [1.82, 2.24) is 5.32 Å². The van der Waals surface area contributed by atoms with Gasteiger partial charge in [0.15, 0.2) is 0 Å². The van der Waals surface area contributed by atoms with Crippen molar-refractivity contribution < 1.29 is 9.90 Å². The Bertz CT molecular complexity index is 491. The third kappa shape index (κ3) is 3.49. The molecular weight excluding hydrogens is 282 g/mol. The van der Waals surface area contributed by atoms with Gasteiger partial charge in [0.05, 0.1) is 10.5 Å². The van der Waals surface area contributed by atoms with Crippen LogP contribution < -0.4 is 5.32 Å². The van der Waals surface area contributed by atoms with Crippen LogP contribution in [0.5, 0.6) is 0 Å². The normalized spacial score (nSPS) is 29.0. The summed E-state index contributed by atoms with van der Waals surface area (Å²) in [6, 6.07) is 2.06. The number of carbonyl (C=O) groups excluding carboxylic acids is 1. The molecule has 3 rings (SSSR count). The highest BCUT2D eigenvalue weighted by atomic mass is 32.1. The van der Waals surface area contributed by atoms with Crippen LogP contribution in [0.1, 0.15) is 65.6 Å². The highest BCUT2D eigenvalue weighted by Crippen LogP contribution is 2.32. The molecule has 3 nitrogen and oxygen atoms in total. The lowest BCUT2D eigenvalue weighted by Gasteiger charge is -2.34. The zero-order chi connectivity index (χ0) is 14.9. The van der Waals surface area contributed by atoms with E-state index in [4.69, 9.17) is 0 Å². The molecule has 0 aromatic carbocycles. The molecule has 1 aromatic rings. The van der Waals surface area contributed by atoms with Gasteiger partial charge in [0.2, 0.25) is 0 Å². The molecule has 0 atom stereocenters. The van der Waals surface area contributed by atoms with Gasteiger partial charge in [0.25, 0.3) is 5.91 Å². The van der Waals surface area contributed by atoms with E-state index in [1.54, 1.807) is 11.3 Å². The Labute approximate surface area is 130 Å². The number of thiophene rings is 1. The van der Waals surface area contributed by atoms with Crippen molar-refractivity contribution in [2.75, 3.05) is 6.54 Å². The second-order valence-corrected chi connectivity index (χ2v) is 7.99. The number of hydrogen-bond donors (Lipinski definition) is 2. The van der Waals surface area contributed by atoms with Gasteiger partial charge >= 0.3 is 0 Å². The molecule has 0 bridgehead atoms. The molecular formula is C17H25NO2S. The van der Waals surface area contributed by atoms with Crippen LogP contribution in [0.4, 0.5) is 0 Å². The van der Waals surface area contributed by atoms with Crippen LogP contribution in [0.2, 0.25) is 0 Å². The van der Waals surface area contributed by atoms with E-state index in [1.165, 1.54) is 23.3 Å². The zero-order valence-electron chi connectivity index (χ0n) is 12.8. The Morgan fingerprint density at radius 3 is 2.81 bits per heavy atom. The summed E-state index contributed by atoms with van der Waals surface area (Å²) in [5.41, 5.74) is 0.667. The topological polar surface area (TPSA) is 49.3 Å². The van der Waals surface area contributed by atoms with Gasteiger partial charge in [-0.25, -0.2) is 0 Å². The quantitative estimate of drug-likeness (QED) is 0.900. The van der Waals surface area contributed by atoms with Gasteiger partial charge in [-0.05, 0) is 68.9 Å². The number of rotatable bonds is 3. The first-order valence-electron chi connectivity index (χ1n) is 8.18. The van der Waals surface area contributed by atoms with Crippen LogP contribution in [-0.2, 0) is 12.8 Å². The number of amides is 1. The number of fused-ring (bicyclic) bond motifs is 1. The fourth-order valence-electron chi connectivity index (χ4n) is 3.41. The van der Waals surface area contributed by atoms with E-state index in [2.05, 4.69) is 18.3 Å². The maximum atomic E-state index is 12.3. The van der Waals surface area contributed by atoms with Gasteiger partial charge in [0.1, 0.15) is 0 Å². The van der Waals surface area contributed by atoms with Crippen molar-refractivity contribution >= 4 is 17.2 Å². The molecule has 21 heavy (non-hydrogen) atoms. The smallest absolute Gasteiger partial charge is 0.261 e.